The van der Waals surface area contributed by atoms with Crippen LogP contribution in [0.4, 0.5) is 0 Å². The van der Waals surface area contributed by atoms with Crippen LogP contribution in [0.5, 0.6) is 0 Å². The molecule has 0 saturated heterocycles. The standard InChI is InChI=1S/C89H158O16P2/c1-4-7-10-13-16-19-22-24-26-28-30-32-34-36-38-39-40-41-42-43-45-47-48-50-52-54-56-58-61-63-66-69-72-75-87(92)99-78-84(90)79-101-106(95,96)102-80-85(91)81-103-107(97,98)104-83-86(105-89(94)77-74-71-68-65-60-21-18-15-12-9-6-3)82-100-88(93)76-73-70-67-64-62-59-57-55-53-51-49-46-44-37-35-33-31-29-27-25-23-20-17-14-11-8-5-2/h8,11,16-17,19-20,24-27,30-33,36-38,44,84-86,90-91H,4-7,9-10,12-15,18,21-23,28-29,34-35,39-43,45-83H2,1-3H3,(H,95,96)(H,97,98)/b11-8-,19-16-,20-17-,26-24-,27-25-,32-30-,33-31-,38-36-,44-37-. The van der Waals surface area contributed by atoms with Crippen molar-refractivity contribution in [2.45, 2.75) is 399 Å². The number of aliphatic hydroxyl groups excluding tert-OH is 2. The zero-order chi connectivity index (χ0) is 78.0. The number of phosphoric ester groups is 2. The monoisotopic (exact) mass is 1550 g/mol. The van der Waals surface area contributed by atoms with Gasteiger partial charge in [0.05, 0.1) is 26.4 Å². The van der Waals surface area contributed by atoms with Crippen molar-refractivity contribution >= 4 is 33.6 Å². The van der Waals surface area contributed by atoms with Gasteiger partial charge in [0.2, 0.25) is 0 Å². The van der Waals surface area contributed by atoms with E-state index < -0.39 is 91.5 Å². The van der Waals surface area contributed by atoms with Crippen molar-refractivity contribution in [3.8, 4) is 0 Å². The minimum absolute atomic E-state index is 0.107. The Balaban J connectivity index is 4.35. The van der Waals surface area contributed by atoms with E-state index in [-0.39, 0.29) is 19.3 Å². The predicted molar refractivity (Wildman–Crippen MR) is 445 cm³/mol. The van der Waals surface area contributed by atoms with Crippen LogP contribution in [-0.4, -0.2) is 95.9 Å². The van der Waals surface area contributed by atoms with E-state index >= 15 is 0 Å². The first-order valence-electron chi connectivity index (χ1n) is 43.2. The summed E-state index contributed by atoms with van der Waals surface area (Å²) in [5.41, 5.74) is 0. The Kier molecular flexibility index (Phi) is 78.8. The first-order valence-corrected chi connectivity index (χ1v) is 46.2. The van der Waals surface area contributed by atoms with Crippen LogP contribution in [0.3, 0.4) is 0 Å². The molecular weight excluding hydrogens is 1390 g/mol. The van der Waals surface area contributed by atoms with Crippen LogP contribution in [0.2, 0.25) is 0 Å². The molecule has 0 saturated carbocycles. The molecule has 5 atom stereocenters. The highest BCUT2D eigenvalue weighted by atomic mass is 31.2. The third-order valence-electron chi connectivity index (χ3n) is 18.5. The van der Waals surface area contributed by atoms with Gasteiger partial charge in [-0.3, -0.25) is 32.5 Å². The highest BCUT2D eigenvalue weighted by molar-refractivity contribution is 7.47. The molecule has 107 heavy (non-hydrogen) atoms. The molecule has 0 aromatic rings. The SMILES string of the molecule is CC/C=C\C/C=C\C/C=C\C/C=C\C/C=C\CCCCCCCCCCCCCC(=O)OCC(COP(=O)(O)OCC(O)COP(=O)(O)OCC(O)COC(=O)CCCCCCCCCCCCCCCCCCC/C=C\C/C=C\C/C=C\C/C=C\CCCCC)OC(=O)CCCCCCCCCCCCC. The zero-order valence-corrected chi connectivity index (χ0v) is 69.8. The number of allylic oxidation sites excluding steroid dienone is 18. The van der Waals surface area contributed by atoms with Crippen molar-refractivity contribution in [1.29, 1.82) is 0 Å². The molecule has 4 N–H and O–H groups in total. The van der Waals surface area contributed by atoms with Gasteiger partial charge in [-0.05, 0) is 109 Å². The molecule has 18 heteroatoms. The Labute approximate surface area is 653 Å². The maximum absolute atomic E-state index is 12.9. The van der Waals surface area contributed by atoms with Gasteiger partial charge in [0.1, 0.15) is 25.4 Å². The van der Waals surface area contributed by atoms with Gasteiger partial charge in [-0.15, -0.1) is 0 Å². The van der Waals surface area contributed by atoms with Crippen molar-refractivity contribution in [2.75, 3.05) is 39.6 Å². The van der Waals surface area contributed by atoms with E-state index in [1.54, 1.807) is 0 Å². The lowest BCUT2D eigenvalue weighted by Gasteiger charge is -2.21. The molecule has 0 heterocycles. The molecule has 0 fully saturated rings. The van der Waals surface area contributed by atoms with Gasteiger partial charge < -0.3 is 34.2 Å². The summed E-state index contributed by atoms with van der Waals surface area (Å²) in [5, 5.41) is 20.7. The van der Waals surface area contributed by atoms with Gasteiger partial charge >= 0.3 is 33.6 Å². The van der Waals surface area contributed by atoms with E-state index in [1.165, 1.54) is 193 Å². The highest BCUT2D eigenvalue weighted by Crippen LogP contribution is 2.45. The fourth-order valence-electron chi connectivity index (χ4n) is 11.9. The largest absolute Gasteiger partial charge is 0.472 e. The molecule has 0 bridgehead atoms. The summed E-state index contributed by atoms with van der Waals surface area (Å²) in [6, 6.07) is 0. The van der Waals surface area contributed by atoms with E-state index in [0.717, 1.165) is 128 Å². The number of phosphoric acid groups is 2. The van der Waals surface area contributed by atoms with E-state index in [0.29, 0.717) is 19.3 Å². The molecule has 0 aliphatic heterocycles. The summed E-state index contributed by atoms with van der Waals surface area (Å²) in [6.07, 6.45) is 97.3. The number of hydrogen-bond donors (Lipinski definition) is 4. The Morgan fingerprint density at radius 2 is 0.495 bits per heavy atom. The molecule has 620 valence electrons. The molecule has 0 amide bonds. The van der Waals surface area contributed by atoms with Crippen LogP contribution in [0.15, 0.2) is 109 Å². The van der Waals surface area contributed by atoms with E-state index in [4.69, 9.17) is 32.3 Å². The fourth-order valence-corrected chi connectivity index (χ4v) is 13.5. The molecule has 0 spiro atoms. The van der Waals surface area contributed by atoms with Gasteiger partial charge in [0.15, 0.2) is 6.10 Å². The van der Waals surface area contributed by atoms with Gasteiger partial charge in [-0.2, -0.15) is 0 Å². The van der Waals surface area contributed by atoms with Crippen LogP contribution in [0, 0.1) is 0 Å². The average Bonchev–Trinajstić information content (AvgIpc) is 0.905. The van der Waals surface area contributed by atoms with Crippen molar-refractivity contribution in [2.24, 2.45) is 0 Å². The predicted octanol–water partition coefficient (Wildman–Crippen LogP) is 25.9. The van der Waals surface area contributed by atoms with Crippen molar-refractivity contribution in [3.63, 3.8) is 0 Å². The topological polar surface area (TPSA) is 231 Å². The van der Waals surface area contributed by atoms with Crippen LogP contribution >= 0.6 is 15.6 Å². The number of rotatable bonds is 82. The normalized spacial score (nSPS) is 14.4. The van der Waals surface area contributed by atoms with Crippen molar-refractivity contribution < 1.29 is 75.8 Å². The minimum Gasteiger partial charge on any atom is -0.463 e. The second kappa shape index (κ2) is 81.7. The van der Waals surface area contributed by atoms with Crippen LogP contribution in [-0.2, 0) is 55.8 Å². The Morgan fingerprint density at radius 3 is 0.804 bits per heavy atom. The van der Waals surface area contributed by atoms with Crippen LogP contribution in [0.1, 0.15) is 380 Å². The maximum Gasteiger partial charge on any atom is 0.472 e. The maximum atomic E-state index is 12.9. The first-order chi connectivity index (χ1) is 52.2. The number of ether oxygens (including phenoxy) is 3. The van der Waals surface area contributed by atoms with Gasteiger partial charge in [-0.25, -0.2) is 9.13 Å². The third kappa shape index (κ3) is 83.0. The molecule has 5 unspecified atom stereocenters. The van der Waals surface area contributed by atoms with Crippen LogP contribution < -0.4 is 0 Å². The number of carbonyl (C=O) groups is 3. The van der Waals surface area contributed by atoms with Crippen molar-refractivity contribution in [1.82, 2.24) is 0 Å². The molecule has 0 aromatic heterocycles. The number of aliphatic hydroxyl groups is 2. The Hall–Kier alpha value is -3.79. The summed E-state index contributed by atoms with van der Waals surface area (Å²) in [4.78, 5) is 58.7. The minimum atomic E-state index is -4.93. The first kappa shape index (κ1) is 103. The lowest BCUT2D eigenvalue weighted by atomic mass is 10.0. The average molecular weight is 1550 g/mol. The molecule has 0 aromatic carbocycles. The van der Waals surface area contributed by atoms with Crippen molar-refractivity contribution in [3.05, 3.63) is 109 Å². The Morgan fingerprint density at radius 1 is 0.271 bits per heavy atom. The second-order valence-corrected chi connectivity index (χ2v) is 31.9. The quantitative estimate of drug-likeness (QED) is 0.0146. The molecule has 0 radical (unpaired) electrons. The summed E-state index contributed by atoms with van der Waals surface area (Å²) >= 11 is 0. The fraction of sp³-hybridized carbons (Fsp3) is 0.764. The molecule has 0 aliphatic rings. The van der Waals surface area contributed by atoms with E-state index in [2.05, 4.69) is 130 Å². The third-order valence-corrected chi connectivity index (χ3v) is 20.4. The number of hydrogen-bond acceptors (Lipinski definition) is 14. The smallest absolute Gasteiger partial charge is 0.463 e. The number of esters is 3. The van der Waals surface area contributed by atoms with E-state index in [9.17, 15) is 43.5 Å². The number of unbranched alkanes of at least 4 members (excludes halogenated alkanes) is 41. The summed E-state index contributed by atoms with van der Waals surface area (Å²) in [6.45, 7) is 2.58. The summed E-state index contributed by atoms with van der Waals surface area (Å²) in [5.74, 6) is -1.56. The molecule has 0 aliphatic carbocycles. The number of carbonyl (C=O) groups excluding carboxylic acids is 3. The second-order valence-electron chi connectivity index (χ2n) is 29.0. The van der Waals surface area contributed by atoms with E-state index in [1.807, 2.05) is 0 Å². The molecular formula is C89H158O16P2. The van der Waals surface area contributed by atoms with Crippen LogP contribution in [0.25, 0.3) is 0 Å². The highest BCUT2D eigenvalue weighted by Gasteiger charge is 2.29. The van der Waals surface area contributed by atoms with Gasteiger partial charge in [-0.1, -0.05) is 361 Å². The Bertz CT molecular complexity index is 2380. The molecule has 16 nitrogen and oxygen atoms in total. The zero-order valence-electron chi connectivity index (χ0n) is 68.0. The summed E-state index contributed by atoms with van der Waals surface area (Å²) < 4.78 is 61.2. The lowest BCUT2D eigenvalue weighted by Crippen LogP contribution is -2.30. The lowest BCUT2D eigenvalue weighted by molar-refractivity contribution is -0.161. The molecule has 0 rings (SSSR count). The van der Waals surface area contributed by atoms with Gasteiger partial charge in [0.25, 0.3) is 0 Å². The van der Waals surface area contributed by atoms with Gasteiger partial charge in [0, 0.05) is 19.3 Å². The summed E-state index contributed by atoms with van der Waals surface area (Å²) in [7, 11) is -9.78.